The maximum atomic E-state index is 13.6. The van der Waals surface area contributed by atoms with Crippen LogP contribution in [0.2, 0.25) is 0 Å². The summed E-state index contributed by atoms with van der Waals surface area (Å²) in [5, 5.41) is 7.76. The molecule has 1 N–H and O–H groups in total. The van der Waals surface area contributed by atoms with E-state index in [1.54, 1.807) is 37.3 Å². The van der Waals surface area contributed by atoms with E-state index < -0.39 is 11.7 Å². The highest BCUT2D eigenvalue weighted by Crippen LogP contribution is 2.20. The Kier molecular flexibility index (Phi) is 6.31. The number of fused-ring (bicyclic) bond motifs is 3. The molecule has 0 radical (unpaired) electrons. The Hall–Kier alpha value is -4.01. The number of benzene rings is 2. The number of aromatic nitrogens is 4. The number of nitrogens with zero attached hydrogens (tertiary/aromatic N) is 4. The summed E-state index contributed by atoms with van der Waals surface area (Å²) in [4.78, 5) is 52.9. The molecule has 0 spiro atoms. The lowest BCUT2D eigenvalue weighted by molar-refractivity contribution is 0.0919. The van der Waals surface area contributed by atoms with Crippen LogP contribution in [0.1, 0.15) is 76.9 Å². The number of Topliss-reactive ketones (excluding diaryl/α,β-unsaturated/α-hetero) is 1. The number of nitrogens with one attached hydrogen (secondary N) is 1. The summed E-state index contributed by atoms with van der Waals surface area (Å²) in [6.45, 7) is 5.52. The average Bonchev–Trinajstić information content (AvgIpc) is 3.25. The highest BCUT2D eigenvalue weighted by molar-refractivity contribution is 5.99. The Morgan fingerprint density at radius 2 is 1.68 bits per heavy atom. The highest BCUT2D eigenvalue weighted by atomic mass is 16.2. The second kappa shape index (κ2) is 9.46. The molecule has 1 aliphatic carbocycles. The first-order valence-electron chi connectivity index (χ1n) is 12.7. The van der Waals surface area contributed by atoms with Crippen molar-refractivity contribution >= 4 is 28.4 Å². The second-order valence-electron chi connectivity index (χ2n) is 10.1. The van der Waals surface area contributed by atoms with Crippen LogP contribution < -0.4 is 16.6 Å². The monoisotopic (exact) mass is 501 g/mol. The number of rotatable bonds is 5. The summed E-state index contributed by atoms with van der Waals surface area (Å²) in [5.74, 6) is -0.385. The molecule has 0 saturated heterocycles. The maximum Gasteiger partial charge on any atom is 0.352 e. The third-order valence-corrected chi connectivity index (χ3v) is 7.60. The van der Waals surface area contributed by atoms with Gasteiger partial charge in [-0.2, -0.15) is 0 Å². The molecule has 1 unspecified atom stereocenters. The van der Waals surface area contributed by atoms with Crippen LogP contribution in [-0.4, -0.2) is 36.5 Å². The van der Waals surface area contributed by atoms with E-state index in [4.69, 9.17) is 0 Å². The van der Waals surface area contributed by atoms with Crippen LogP contribution in [0, 0.1) is 13.8 Å². The molecule has 1 fully saturated rings. The van der Waals surface area contributed by atoms with Crippen molar-refractivity contribution in [3.8, 4) is 0 Å². The van der Waals surface area contributed by atoms with Gasteiger partial charge >= 0.3 is 5.69 Å². The van der Waals surface area contributed by atoms with E-state index in [1.165, 1.54) is 22.4 Å². The van der Waals surface area contributed by atoms with Crippen LogP contribution in [0.3, 0.4) is 0 Å². The third-order valence-electron chi connectivity index (χ3n) is 7.60. The summed E-state index contributed by atoms with van der Waals surface area (Å²) >= 11 is 0. The number of ketones is 1. The van der Waals surface area contributed by atoms with Crippen molar-refractivity contribution in [1.82, 2.24) is 24.1 Å². The quantitative estimate of drug-likeness (QED) is 0.422. The Bertz CT molecular complexity index is 1670. The van der Waals surface area contributed by atoms with Crippen LogP contribution >= 0.6 is 0 Å². The van der Waals surface area contributed by atoms with E-state index in [0.717, 1.165) is 41.5 Å². The predicted octanol–water partition coefficient (Wildman–Crippen LogP) is 3.47. The van der Waals surface area contributed by atoms with E-state index in [2.05, 4.69) is 10.4 Å². The molecular formula is C28H31N5O4. The van der Waals surface area contributed by atoms with Gasteiger partial charge in [0.1, 0.15) is 6.04 Å². The first-order chi connectivity index (χ1) is 17.7. The van der Waals surface area contributed by atoms with Gasteiger partial charge in [-0.1, -0.05) is 31.4 Å². The van der Waals surface area contributed by atoms with Gasteiger partial charge < -0.3 is 5.32 Å². The first-order valence-corrected chi connectivity index (χ1v) is 12.7. The van der Waals surface area contributed by atoms with Gasteiger partial charge in [-0.3, -0.25) is 19.0 Å². The van der Waals surface area contributed by atoms with Crippen LogP contribution in [0.5, 0.6) is 0 Å². The van der Waals surface area contributed by atoms with E-state index in [9.17, 15) is 19.2 Å². The molecule has 9 heteroatoms. The minimum absolute atomic E-state index is 0.104. The highest BCUT2D eigenvalue weighted by Gasteiger charge is 2.25. The van der Waals surface area contributed by atoms with Gasteiger partial charge in [0.25, 0.3) is 11.5 Å². The molecule has 1 aliphatic rings. The predicted molar refractivity (Wildman–Crippen MR) is 141 cm³/mol. The lowest BCUT2D eigenvalue weighted by atomic mass is 9.95. The summed E-state index contributed by atoms with van der Waals surface area (Å²) in [5.41, 5.74) is 2.30. The molecule has 1 saturated carbocycles. The van der Waals surface area contributed by atoms with Gasteiger partial charge in [0, 0.05) is 24.2 Å². The number of hydrogen-bond donors (Lipinski definition) is 1. The van der Waals surface area contributed by atoms with Gasteiger partial charge in [-0.05, 0) is 69.0 Å². The number of carbonyl (C=O) groups is 2. The molecular weight excluding hydrogens is 470 g/mol. The molecule has 2 heterocycles. The zero-order valence-electron chi connectivity index (χ0n) is 21.6. The number of aryl methyl sites for hydroxylation is 3. The van der Waals surface area contributed by atoms with Crippen molar-refractivity contribution in [1.29, 1.82) is 0 Å². The first kappa shape index (κ1) is 24.7. The Balaban J connectivity index is 1.60. The van der Waals surface area contributed by atoms with E-state index in [0.29, 0.717) is 16.5 Å². The number of carbonyl (C=O) groups excluding carboxylic acids is 2. The Morgan fingerprint density at radius 1 is 0.973 bits per heavy atom. The molecule has 9 nitrogen and oxygen atoms in total. The van der Waals surface area contributed by atoms with Crippen molar-refractivity contribution in [3.05, 3.63) is 79.5 Å². The molecule has 2 aromatic carbocycles. The Labute approximate surface area is 213 Å². The fourth-order valence-electron chi connectivity index (χ4n) is 5.12. The van der Waals surface area contributed by atoms with Crippen molar-refractivity contribution < 1.29 is 9.59 Å². The average molecular weight is 502 g/mol. The molecule has 2 aromatic heterocycles. The van der Waals surface area contributed by atoms with Crippen LogP contribution in [0.15, 0.2) is 46.0 Å². The SMILES string of the molecule is Cc1ccc(C(=O)C(C)n2nc3n(C)c(=O)c4ccc(C(=O)NC5CCCCC5)cc4n3c2=O)cc1C. The molecule has 37 heavy (non-hydrogen) atoms. The molecule has 1 atom stereocenters. The second-order valence-corrected chi connectivity index (χ2v) is 10.1. The number of amides is 1. The van der Waals surface area contributed by atoms with Crippen LogP contribution in [0.4, 0.5) is 0 Å². The fourth-order valence-corrected chi connectivity index (χ4v) is 5.12. The van der Waals surface area contributed by atoms with E-state index in [-0.39, 0.29) is 34.6 Å². The third kappa shape index (κ3) is 4.28. The fraction of sp³-hybridized carbons (Fsp3) is 0.393. The summed E-state index contributed by atoms with van der Waals surface area (Å²) in [6.07, 6.45) is 5.26. The van der Waals surface area contributed by atoms with Gasteiger partial charge in [-0.25, -0.2) is 13.9 Å². The van der Waals surface area contributed by atoms with Gasteiger partial charge in [-0.15, -0.1) is 5.10 Å². The minimum atomic E-state index is -0.891. The van der Waals surface area contributed by atoms with Crippen molar-refractivity contribution in [2.75, 3.05) is 0 Å². The minimum Gasteiger partial charge on any atom is -0.349 e. The molecule has 1 amide bonds. The molecule has 192 valence electrons. The molecule has 0 bridgehead atoms. The normalized spacial score (nSPS) is 15.2. The molecule has 5 rings (SSSR count). The van der Waals surface area contributed by atoms with Crippen molar-refractivity contribution in [2.24, 2.45) is 7.05 Å². The van der Waals surface area contributed by atoms with E-state index in [1.807, 2.05) is 19.9 Å². The summed E-state index contributed by atoms with van der Waals surface area (Å²) in [6, 6.07) is 9.39. The van der Waals surface area contributed by atoms with Crippen LogP contribution in [0.25, 0.3) is 16.7 Å². The van der Waals surface area contributed by atoms with Gasteiger partial charge in [0.2, 0.25) is 5.78 Å². The van der Waals surface area contributed by atoms with Crippen molar-refractivity contribution in [3.63, 3.8) is 0 Å². The topological polar surface area (TPSA) is 107 Å². The molecule has 0 aliphatic heterocycles. The maximum absolute atomic E-state index is 13.6. The zero-order chi connectivity index (χ0) is 26.4. The zero-order valence-corrected chi connectivity index (χ0v) is 21.6. The Morgan fingerprint density at radius 3 is 2.38 bits per heavy atom. The smallest absolute Gasteiger partial charge is 0.349 e. The standard InChI is InChI=1S/C28H31N5O4/c1-16-10-11-19(14-17(16)2)24(34)18(3)33-28(37)32-23-15-20(25(35)29-21-8-6-5-7-9-21)12-13-22(23)26(36)31(4)27(32)30-33/h10-15,18,21H,5-9H2,1-4H3,(H,29,35). The molecule has 4 aromatic rings. The van der Waals surface area contributed by atoms with E-state index >= 15 is 0 Å². The van der Waals surface area contributed by atoms with Crippen molar-refractivity contribution in [2.45, 2.75) is 65.0 Å². The lowest BCUT2D eigenvalue weighted by Crippen LogP contribution is -2.36. The summed E-state index contributed by atoms with van der Waals surface area (Å²) < 4.78 is 3.70. The lowest BCUT2D eigenvalue weighted by Gasteiger charge is -2.22. The van der Waals surface area contributed by atoms with Gasteiger partial charge in [0.05, 0.1) is 10.9 Å². The van der Waals surface area contributed by atoms with Crippen LogP contribution in [-0.2, 0) is 7.05 Å². The summed E-state index contributed by atoms with van der Waals surface area (Å²) in [7, 11) is 1.54. The largest absolute Gasteiger partial charge is 0.352 e. The van der Waals surface area contributed by atoms with Gasteiger partial charge in [0.15, 0.2) is 5.78 Å². The number of hydrogen-bond acceptors (Lipinski definition) is 5.